The Hall–Kier alpha value is -1.20. The minimum atomic E-state index is -0.677. The predicted molar refractivity (Wildman–Crippen MR) is 113 cm³/mol. The molecule has 2 saturated heterocycles. The molecule has 2 fully saturated rings. The van der Waals surface area contributed by atoms with Crippen LogP contribution in [-0.2, 0) is 18.6 Å². The maximum atomic E-state index is 9.93. The van der Waals surface area contributed by atoms with Gasteiger partial charge in [0.05, 0.1) is 0 Å². The molecule has 2 aliphatic heterocycles. The molecule has 0 N–H and O–H groups in total. The van der Waals surface area contributed by atoms with Crippen LogP contribution in [0.25, 0.3) is 11.0 Å². The molecule has 3 heterocycles. The molecule has 0 spiro atoms. The van der Waals surface area contributed by atoms with Crippen molar-refractivity contribution in [1.82, 2.24) is 7.96 Å². The van der Waals surface area contributed by atoms with Crippen molar-refractivity contribution in [2.45, 2.75) is 77.8 Å². The first kappa shape index (κ1) is 21.0. The van der Waals surface area contributed by atoms with Crippen molar-refractivity contribution < 1.29 is 18.6 Å². The van der Waals surface area contributed by atoms with Gasteiger partial charge in [0.1, 0.15) is 0 Å². The quantitative estimate of drug-likeness (QED) is 0.623. The van der Waals surface area contributed by atoms with Gasteiger partial charge in [-0.25, -0.2) is 0 Å². The number of fused-ring (bicyclic) bond motifs is 1. The van der Waals surface area contributed by atoms with Gasteiger partial charge in [0.25, 0.3) is 0 Å². The molecule has 152 valence electrons. The second-order valence-electron chi connectivity index (χ2n) is 9.68. The molecule has 1 aromatic carbocycles. The van der Waals surface area contributed by atoms with Gasteiger partial charge in [-0.15, -0.1) is 0 Å². The van der Waals surface area contributed by atoms with Gasteiger partial charge in [-0.2, -0.15) is 0 Å². The molecule has 10 heteroatoms. The van der Waals surface area contributed by atoms with E-state index in [0.717, 1.165) is 5.46 Å². The predicted octanol–water partition coefficient (Wildman–Crippen LogP) is 1.16. The number of aromatic nitrogens is 2. The molecule has 2 aliphatic rings. The van der Waals surface area contributed by atoms with E-state index in [-0.39, 0.29) is 15.0 Å². The molecule has 1 aromatic heterocycles. The zero-order chi connectivity index (χ0) is 21.4. The van der Waals surface area contributed by atoms with Crippen LogP contribution in [0.2, 0.25) is 0 Å². The molecule has 0 bridgehead atoms. The Morgan fingerprint density at radius 3 is 1.72 bits per heavy atom. The van der Waals surface area contributed by atoms with E-state index in [2.05, 4.69) is 14.0 Å². The monoisotopic (exact) mass is 461 g/mol. The van der Waals surface area contributed by atoms with Gasteiger partial charge in [0, 0.05) is 0 Å². The van der Waals surface area contributed by atoms with Crippen LogP contribution in [0, 0.1) is 11.3 Å². The van der Waals surface area contributed by atoms with E-state index >= 15 is 0 Å². The van der Waals surface area contributed by atoms with Crippen LogP contribution in [-0.4, -0.2) is 59.6 Å². The molecular weight excluding hydrogens is 435 g/mol. The van der Waals surface area contributed by atoms with Crippen LogP contribution in [0.5, 0.6) is 0 Å². The molecule has 29 heavy (non-hydrogen) atoms. The number of nitriles is 1. The maximum absolute atomic E-state index is 9.93. The molecule has 0 saturated carbocycles. The summed E-state index contributed by atoms with van der Waals surface area (Å²) in [5.41, 5.74) is 1.21. The van der Waals surface area contributed by atoms with Crippen LogP contribution >= 0.6 is 0 Å². The summed E-state index contributed by atoms with van der Waals surface area (Å²) in [6.07, 6.45) is 0. The third-order valence-corrected chi connectivity index (χ3v) is 7.83. The first-order chi connectivity index (χ1) is 13.3. The summed E-state index contributed by atoms with van der Waals surface area (Å²) in [7, 11) is -1.29. The summed E-state index contributed by atoms with van der Waals surface area (Å²) < 4.78 is 34.1. The van der Waals surface area contributed by atoms with Crippen LogP contribution < -0.4 is 10.9 Å². The van der Waals surface area contributed by atoms with Crippen molar-refractivity contribution in [3.8, 4) is 6.07 Å². The van der Waals surface area contributed by atoms with Gasteiger partial charge >= 0.3 is 178 Å². The number of rotatable bonds is 2. The average molecular weight is 460 g/mol. The van der Waals surface area contributed by atoms with Crippen LogP contribution in [0.4, 0.5) is 0 Å². The van der Waals surface area contributed by atoms with Crippen molar-refractivity contribution in [3.63, 3.8) is 0 Å². The molecule has 2 aromatic rings. The van der Waals surface area contributed by atoms with Crippen LogP contribution in [0.15, 0.2) is 6.07 Å². The molecular formula is C19H25B2N3O4Se. The first-order valence-corrected chi connectivity index (χ1v) is 11.2. The van der Waals surface area contributed by atoms with E-state index in [1.807, 2.05) is 55.4 Å². The Balaban J connectivity index is 1.84. The fourth-order valence-electron chi connectivity index (χ4n) is 3.43. The zero-order valence-corrected chi connectivity index (χ0v) is 19.8. The van der Waals surface area contributed by atoms with Crippen molar-refractivity contribution in [3.05, 3.63) is 11.6 Å². The number of nitrogens with zero attached hydrogens (tertiary/aromatic N) is 3. The Bertz CT molecular complexity index is 996. The van der Waals surface area contributed by atoms with E-state index in [4.69, 9.17) is 18.6 Å². The average Bonchev–Trinajstić information content (AvgIpc) is 3.20. The Morgan fingerprint density at radius 1 is 0.793 bits per heavy atom. The third-order valence-electron chi connectivity index (χ3n) is 6.72. The Labute approximate surface area is 178 Å². The molecule has 4 rings (SSSR count). The van der Waals surface area contributed by atoms with E-state index in [9.17, 15) is 5.26 Å². The third kappa shape index (κ3) is 3.11. The van der Waals surface area contributed by atoms with E-state index < -0.39 is 36.6 Å². The first-order valence-electron chi connectivity index (χ1n) is 9.70. The number of hydrogen-bond acceptors (Lipinski definition) is 7. The van der Waals surface area contributed by atoms with E-state index in [0.29, 0.717) is 22.1 Å². The normalized spacial score (nSPS) is 24.2. The molecule has 0 amide bonds. The van der Waals surface area contributed by atoms with Gasteiger partial charge in [0.2, 0.25) is 0 Å². The van der Waals surface area contributed by atoms with Crippen molar-refractivity contribution in [2.75, 3.05) is 0 Å². The van der Waals surface area contributed by atoms with Gasteiger partial charge in [-0.3, -0.25) is 0 Å². The Morgan fingerprint density at radius 2 is 1.24 bits per heavy atom. The SMILES string of the molecule is CC1(C)OB(c2cc(C#N)c(B3OC(C)(C)C(C)(C)O3)c3n[se]nc23)OC1(C)C. The van der Waals surface area contributed by atoms with Crippen molar-refractivity contribution in [1.29, 1.82) is 5.26 Å². The fourth-order valence-corrected chi connectivity index (χ4v) is 4.64. The summed E-state index contributed by atoms with van der Waals surface area (Å²) in [5.74, 6) is 0. The van der Waals surface area contributed by atoms with Gasteiger partial charge in [-0.05, 0) is 0 Å². The van der Waals surface area contributed by atoms with E-state index in [1.54, 1.807) is 6.07 Å². The molecule has 0 aliphatic carbocycles. The molecule has 0 atom stereocenters. The topological polar surface area (TPSA) is 86.5 Å². The zero-order valence-electron chi connectivity index (χ0n) is 18.1. The van der Waals surface area contributed by atoms with Crippen LogP contribution in [0.1, 0.15) is 61.0 Å². The molecule has 0 unspecified atom stereocenters. The summed E-state index contributed by atoms with van der Waals surface area (Å²) in [4.78, 5) is 0. The van der Waals surface area contributed by atoms with Gasteiger partial charge in [-0.1, -0.05) is 0 Å². The second-order valence-corrected chi connectivity index (χ2v) is 10.8. The van der Waals surface area contributed by atoms with Crippen molar-refractivity contribution >= 4 is 51.2 Å². The van der Waals surface area contributed by atoms with E-state index in [1.165, 1.54) is 0 Å². The number of hydrogen-bond donors (Lipinski definition) is 0. The van der Waals surface area contributed by atoms with Gasteiger partial charge in [0.15, 0.2) is 0 Å². The number of benzene rings is 1. The van der Waals surface area contributed by atoms with Gasteiger partial charge < -0.3 is 0 Å². The Kier molecular flexibility index (Phi) is 4.64. The second kappa shape index (κ2) is 6.40. The summed E-state index contributed by atoms with van der Waals surface area (Å²) in [5, 5.41) is 9.93. The summed E-state index contributed by atoms with van der Waals surface area (Å²) in [6.45, 7) is 16.0. The fraction of sp³-hybridized carbons (Fsp3) is 0.632. The summed E-state index contributed by atoms with van der Waals surface area (Å²) in [6, 6.07) is 4.09. The summed E-state index contributed by atoms with van der Waals surface area (Å²) >= 11 is -0.298. The minimum absolute atomic E-state index is 0.298. The van der Waals surface area contributed by atoms with Crippen LogP contribution in [0.3, 0.4) is 0 Å². The molecule has 7 nitrogen and oxygen atoms in total. The van der Waals surface area contributed by atoms with Crippen molar-refractivity contribution in [2.24, 2.45) is 0 Å². The molecule has 0 radical (unpaired) electrons. The standard InChI is InChI=1S/C19H25B2N3O4Se/c1-16(2)17(3,4)26-20(25-16)12-9-11(10-22)13(15-14(12)23-29-24-15)21-27-18(5,6)19(7,8)28-21/h9H,1-8H3.